The van der Waals surface area contributed by atoms with Crippen LogP contribution in [0.15, 0.2) is 54.6 Å². The Morgan fingerprint density at radius 1 is 0.931 bits per heavy atom. The van der Waals surface area contributed by atoms with Gasteiger partial charge < -0.3 is 15.4 Å². The van der Waals surface area contributed by atoms with Crippen molar-refractivity contribution >= 4 is 17.8 Å². The first kappa shape index (κ1) is 22.1. The molecule has 0 aromatic heterocycles. The standard InChI is InChI=1S/C23H28N2O4/c1-4-18-10-12-19(13-11-18)16(2)24-22(27)15-29-23(28)14-21(25-17(3)26)20-8-6-5-7-9-20/h5-13,16,21H,4,14-15H2,1-3H3,(H,24,27)(H,25,26). The SMILES string of the molecule is CCc1ccc(C(C)NC(=O)COC(=O)CC(NC(C)=O)c2ccccc2)cc1. The Hall–Kier alpha value is -3.15. The first-order chi connectivity index (χ1) is 13.9. The van der Waals surface area contributed by atoms with E-state index in [1.54, 1.807) is 0 Å². The molecule has 0 bridgehead atoms. The van der Waals surface area contributed by atoms with Gasteiger partial charge in [0, 0.05) is 6.92 Å². The highest BCUT2D eigenvalue weighted by Crippen LogP contribution is 2.17. The van der Waals surface area contributed by atoms with Crippen LogP contribution < -0.4 is 10.6 Å². The molecule has 154 valence electrons. The first-order valence-electron chi connectivity index (χ1n) is 9.75. The van der Waals surface area contributed by atoms with E-state index in [0.29, 0.717) is 0 Å². The summed E-state index contributed by atoms with van der Waals surface area (Å²) in [6.45, 7) is 4.99. The molecule has 0 saturated carbocycles. The number of benzene rings is 2. The van der Waals surface area contributed by atoms with E-state index in [9.17, 15) is 14.4 Å². The molecule has 2 unspecified atom stereocenters. The van der Waals surface area contributed by atoms with Gasteiger partial charge in [-0.25, -0.2) is 0 Å². The number of ether oxygens (including phenoxy) is 1. The van der Waals surface area contributed by atoms with E-state index in [2.05, 4.69) is 17.6 Å². The monoisotopic (exact) mass is 396 g/mol. The van der Waals surface area contributed by atoms with Gasteiger partial charge in [0.2, 0.25) is 5.91 Å². The first-order valence-corrected chi connectivity index (χ1v) is 9.75. The molecule has 6 nitrogen and oxygen atoms in total. The van der Waals surface area contributed by atoms with Crippen LogP contribution in [-0.2, 0) is 25.5 Å². The van der Waals surface area contributed by atoms with Gasteiger partial charge >= 0.3 is 5.97 Å². The molecule has 2 aromatic rings. The molecule has 2 atom stereocenters. The molecule has 0 radical (unpaired) electrons. The van der Waals surface area contributed by atoms with Crippen LogP contribution in [0.3, 0.4) is 0 Å². The molecule has 0 aliphatic heterocycles. The van der Waals surface area contributed by atoms with Crippen molar-refractivity contribution < 1.29 is 19.1 Å². The summed E-state index contributed by atoms with van der Waals surface area (Å²) in [5.74, 6) is -1.17. The van der Waals surface area contributed by atoms with E-state index in [-0.39, 0.29) is 30.9 Å². The lowest BCUT2D eigenvalue weighted by molar-refractivity contribution is -0.149. The van der Waals surface area contributed by atoms with Gasteiger partial charge in [-0.2, -0.15) is 0 Å². The lowest BCUT2D eigenvalue weighted by Gasteiger charge is -2.18. The van der Waals surface area contributed by atoms with Gasteiger partial charge in [0.05, 0.1) is 18.5 Å². The number of esters is 1. The smallest absolute Gasteiger partial charge is 0.308 e. The second-order valence-corrected chi connectivity index (χ2v) is 6.91. The second kappa shape index (κ2) is 11.0. The lowest BCUT2D eigenvalue weighted by atomic mass is 10.0. The summed E-state index contributed by atoms with van der Waals surface area (Å²) >= 11 is 0. The van der Waals surface area contributed by atoms with Crippen molar-refractivity contribution in [3.05, 3.63) is 71.3 Å². The summed E-state index contributed by atoms with van der Waals surface area (Å²) in [4.78, 5) is 35.8. The van der Waals surface area contributed by atoms with Crippen LogP contribution in [0.4, 0.5) is 0 Å². The number of hydrogen-bond donors (Lipinski definition) is 2. The highest BCUT2D eigenvalue weighted by atomic mass is 16.5. The topological polar surface area (TPSA) is 84.5 Å². The molecular formula is C23H28N2O4. The number of carbonyl (C=O) groups excluding carboxylic acids is 3. The van der Waals surface area contributed by atoms with Crippen molar-refractivity contribution in [3.63, 3.8) is 0 Å². The van der Waals surface area contributed by atoms with Gasteiger partial charge in [-0.1, -0.05) is 61.5 Å². The Morgan fingerprint density at radius 3 is 2.17 bits per heavy atom. The van der Waals surface area contributed by atoms with Gasteiger partial charge in [-0.3, -0.25) is 14.4 Å². The zero-order valence-corrected chi connectivity index (χ0v) is 17.1. The quantitative estimate of drug-likeness (QED) is 0.638. The number of rotatable bonds is 9. The highest BCUT2D eigenvalue weighted by Gasteiger charge is 2.19. The Morgan fingerprint density at radius 2 is 1.59 bits per heavy atom. The van der Waals surface area contributed by atoms with Gasteiger partial charge in [0.1, 0.15) is 0 Å². The normalized spacial score (nSPS) is 12.5. The van der Waals surface area contributed by atoms with Crippen LogP contribution in [0.2, 0.25) is 0 Å². The Bertz CT molecular complexity index is 819. The van der Waals surface area contributed by atoms with Crippen molar-refractivity contribution in [2.24, 2.45) is 0 Å². The zero-order chi connectivity index (χ0) is 21.2. The summed E-state index contributed by atoms with van der Waals surface area (Å²) < 4.78 is 5.11. The van der Waals surface area contributed by atoms with Crippen molar-refractivity contribution in [1.82, 2.24) is 10.6 Å². The molecular weight excluding hydrogens is 368 g/mol. The fourth-order valence-corrected chi connectivity index (χ4v) is 2.96. The third kappa shape index (κ3) is 7.41. The lowest BCUT2D eigenvalue weighted by Crippen LogP contribution is -2.32. The van der Waals surface area contributed by atoms with Gasteiger partial charge in [-0.05, 0) is 30.0 Å². The number of aryl methyl sites for hydroxylation is 1. The summed E-state index contributed by atoms with van der Waals surface area (Å²) in [7, 11) is 0. The van der Waals surface area contributed by atoms with E-state index in [4.69, 9.17) is 4.74 Å². The fourth-order valence-electron chi connectivity index (χ4n) is 2.96. The number of nitrogens with one attached hydrogen (secondary N) is 2. The molecule has 0 aliphatic carbocycles. The van der Waals surface area contributed by atoms with Gasteiger partial charge in [0.15, 0.2) is 6.61 Å². The number of amides is 2. The predicted molar refractivity (Wildman–Crippen MR) is 111 cm³/mol. The molecule has 2 aromatic carbocycles. The minimum absolute atomic E-state index is 0.0507. The molecule has 0 aliphatic rings. The average Bonchev–Trinajstić information content (AvgIpc) is 2.72. The van der Waals surface area contributed by atoms with E-state index in [0.717, 1.165) is 17.5 Å². The van der Waals surface area contributed by atoms with Crippen molar-refractivity contribution in [2.75, 3.05) is 6.61 Å². The van der Waals surface area contributed by atoms with Gasteiger partial charge in [0.25, 0.3) is 5.91 Å². The molecule has 6 heteroatoms. The van der Waals surface area contributed by atoms with E-state index in [1.807, 2.05) is 61.5 Å². The predicted octanol–water partition coefficient (Wildman–Crippen LogP) is 3.24. The van der Waals surface area contributed by atoms with Crippen LogP contribution in [0.1, 0.15) is 56.0 Å². The van der Waals surface area contributed by atoms with Crippen molar-refractivity contribution in [1.29, 1.82) is 0 Å². The average molecular weight is 396 g/mol. The molecule has 0 spiro atoms. The summed E-state index contributed by atoms with van der Waals surface area (Å²) in [5, 5.41) is 5.56. The van der Waals surface area contributed by atoms with Crippen LogP contribution in [-0.4, -0.2) is 24.4 Å². The molecule has 29 heavy (non-hydrogen) atoms. The largest absolute Gasteiger partial charge is 0.456 e. The number of carbonyl (C=O) groups is 3. The van der Waals surface area contributed by atoms with Crippen molar-refractivity contribution in [3.8, 4) is 0 Å². The maximum absolute atomic E-state index is 12.2. The molecule has 2 amide bonds. The third-order valence-corrected chi connectivity index (χ3v) is 4.58. The van der Waals surface area contributed by atoms with Crippen molar-refractivity contribution in [2.45, 2.75) is 45.7 Å². The Labute approximate surface area is 171 Å². The third-order valence-electron chi connectivity index (χ3n) is 4.58. The minimum atomic E-state index is -0.553. The van der Waals surface area contributed by atoms with Crippen LogP contribution in [0.5, 0.6) is 0 Å². The molecule has 2 N–H and O–H groups in total. The highest BCUT2D eigenvalue weighted by molar-refractivity contribution is 5.81. The molecule has 0 fully saturated rings. The van der Waals surface area contributed by atoms with E-state index >= 15 is 0 Å². The van der Waals surface area contributed by atoms with Crippen LogP contribution >= 0.6 is 0 Å². The summed E-state index contributed by atoms with van der Waals surface area (Å²) in [6, 6.07) is 16.5. The molecule has 0 heterocycles. The summed E-state index contributed by atoms with van der Waals surface area (Å²) in [6.07, 6.45) is 0.907. The van der Waals surface area contributed by atoms with Crippen LogP contribution in [0, 0.1) is 0 Å². The maximum Gasteiger partial charge on any atom is 0.308 e. The summed E-state index contributed by atoms with van der Waals surface area (Å²) in [5.41, 5.74) is 3.01. The maximum atomic E-state index is 12.2. The molecule has 2 rings (SSSR count). The van der Waals surface area contributed by atoms with Gasteiger partial charge in [-0.15, -0.1) is 0 Å². The zero-order valence-electron chi connectivity index (χ0n) is 17.1. The fraction of sp³-hybridized carbons (Fsp3) is 0.348. The van der Waals surface area contributed by atoms with E-state index < -0.39 is 12.0 Å². The minimum Gasteiger partial charge on any atom is -0.456 e. The Kier molecular flexibility index (Phi) is 8.40. The molecule has 0 saturated heterocycles. The van der Waals surface area contributed by atoms with E-state index in [1.165, 1.54) is 12.5 Å². The number of hydrogen-bond acceptors (Lipinski definition) is 4. The Balaban J connectivity index is 1.84. The van der Waals surface area contributed by atoms with Crippen LogP contribution in [0.25, 0.3) is 0 Å². The second-order valence-electron chi connectivity index (χ2n) is 6.91.